The van der Waals surface area contributed by atoms with Crippen LogP contribution in [0.1, 0.15) is 23.3 Å². The van der Waals surface area contributed by atoms with Gasteiger partial charge in [-0.25, -0.2) is 0 Å². The number of amides is 1. The Balaban J connectivity index is 2.27. The molecule has 0 aliphatic rings. The molecule has 6 heteroatoms. The lowest BCUT2D eigenvalue weighted by Crippen LogP contribution is -2.25. The predicted octanol–water partition coefficient (Wildman–Crippen LogP) is 0.215. The van der Waals surface area contributed by atoms with Gasteiger partial charge in [0, 0.05) is 20.3 Å². The number of nitrogens with two attached hydrogens (primary N) is 1. The summed E-state index contributed by atoms with van der Waals surface area (Å²) in [6.07, 6.45) is 1.80. The Kier molecular flexibility index (Phi) is 5.21. The van der Waals surface area contributed by atoms with Crippen LogP contribution in [0.15, 0.2) is 12.1 Å². The summed E-state index contributed by atoms with van der Waals surface area (Å²) in [7, 11) is 1.66. The largest absolute Gasteiger partial charge is 0.385 e. The first-order valence-electron chi connectivity index (χ1n) is 5.10. The number of nitrogens with one attached hydrogen (secondary N) is 1. The lowest BCUT2D eigenvalue weighted by atomic mass is 10.3. The van der Waals surface area contributed by atoms with Gasteiger partial charge in [-0.3, -0.25) is 4.79 Å². The smallest absolute Gasteiger partial charge is 0.271 e. The number of hydrogen-bond acceptors (Lipinski definition) is 5. The second-order valence-electron chi connectivity index (χ2n) is 3.30. The second kappa shape index (κ2) is 6.73. The van der Waals surface area contributed by atoms with Gasteiger partial charge in [-0.05, 0) is 25.0 Å². The number of rotatable bonds is 6. The molecule has 0 radical (unpaired) electrons. The summed E-state index contributed by atoms with van der Waals surface area (Å²) in [5.41, 5.74) is 5.64. The molecule has 1 rings (SSSR count). The topological polar surface area (TPSA) is 90.1 Å². The minimum Gasteiger partial charge on any atom is -0.385 e. The molecule has 1 heterocycles. The molecule has 0 saturated heterocycles. The third-order valence-electron chi connectivity index (χ3n) is 1.98. The average molecular weight is 224 g/mol. The van der Waals surface area contributed by atoms with Gasteiger partial charge in [0.25, 0.3) is 5.91 Å². The molecule has 0 fully saturated rings. The Labute approximate surface area is 94.2 Å². The summed E-state index contributed by atoms with van der Waals surface area (Å²) in [6, 6.07) is 3.10. The van der Waals surface area contributed by atoms with Crippen LogP contribution in [0.3, 0.4) is 0 Å². The van der Waals surface area contributed by atoms with E-state index in [9.17, 15) is 4.79 Å². The molecule has 1 aromatic heterocycles. The van der Waals surface area contributed by atoms with Crippen LogP contribution in [0.2, 0.25) is 0 Å². The highest BCUT2D eigenvalue weighted by Gasteiger charge is 2.06. The van der Waals surface area contributed by atoms with Gasteiger partial charge in [0.05, 0.1) is 0 Å². The molecule has 6 nitrogen and oxygen atoms in total. The summed E-state index contributed by atoms with van der Waals surface area (Å²) in [5.74, 6) is 0.0709. The molecule has 0 aliphatic carbocycles. The van der Waals surface area contributed by atoms with E-state index < -0.39 is 0 Å². The third-order valence-corrected chi connectivity index (χ3v) is 1.98. The maximum atomic E-state index is 11.5. The molecule has 0 bridgehead atoms. The van der Waals surface area contributed by atoms with E-state index in [1.54, 1.807) is 19.2 Å². The molecule has 0 aromatic carbocycles. The first kappa shape index (κ1) is 12.4. The molecule has 88 valence electrons. The van der Waals surface area contributed by atoms with Crippen LogP contribution in [0, 0.1) is 0 Å². The first-order chi connectivity index (χ1) is 7.74. The van der Waals surface area contributed by atoms with Crippen molar-refractivity contribution in [2.45, 2.75) is 12.8 Å². The van der Waals surface area contributed by atoms with Gasteiger partial charge in [0.1, 0.15) is 5.82 Å². The van der Waals surface area contributed by atoms with Gasteiger partial charge < -0.3 is 15.8 Å². The first-order valence-corrected chi connectivity index (χ1v) is 5.10. The monoisotopic (exact) mass is 224 g/mol. The second-order valence-corrected chi connectivity index (χ2v) is 3.30. The van der Waals surface area contributed by atoms with Gasteiger partial charge in [-0.1, -0.05) is 0 Å². The van der Waals surface area contributed by atoms with Gasteiger partial charge in [-0.2, -0.15) is 0 Å². The van der Waals surface area contributed by atoms with E-state index in [0.717, 1.165) is 12.8 Å². The summed E-state index contributed by atoms with van der Waals surface area (Å²) in [6.45, 7) is 1.31. The summed E-state index contributed by atoms with van der Waals surface area (Å²) in [4.78, 5) is 11.5. The average Bonchev–Trinajstić information content (AvgIpc) is 2.29. The highest BCUT2D eigenvalue weighted by atomic mass is 16.5. The van der Waals surface area contributed by atoms with Crippen LogP contribution in [0.5, 0.6) is 0 Å². The SMILES string of the molecule is COCCCCNC(=O)c1ccc(N)nn1. The van der Waals surface area contributed by atoms with Crippen LogP contribution in [-0.4, -0.2) is 36.4 Å². The molecule has 1 amide bonds. The number of carbonyl (C=O) groups is 1. The molecule has 0 unspecified atom stereocenters. The van der Waals surface area contributed by atoms with Crippen molar-refractivity contribution < 1.29 is 9.53 Å². The van der Waals surface area contributed by atoms with Crippen molar-refractivity contribution in [3.8, 4) is 0 Å². The molecule has 0 saturated carbocycles. The highest BCUT2D eigenvalue weighted by Crippen LogP contribution is 1.97. The number of carbonyl (C=O) groups excluding carboxylic acids is 1. The number of nitrogens with zero attached hydrogens (tertiary/aromatic N) is 2. The van der Waals surface area contributed by atoms with Gasteiger partial charge in [-0.15, -0.1) is 10.2 Å². The van der Waals surface area contributed by atoms with E-state index in [0.29, 0.717) is 19.0 Å². The van der Waals surface area contributed by atoms with E-state index in [1.807, 2.05) is 0 Å². The number of methoxy groups -OCH3 is 1. The van der Waals surface area contributed by atoms with Crippen LogP contribution in [0.4, 0.5) is 5.82 Å². The lowest BCUT2D eigenvalue weighted by Gasteiger charge is -2.03. The summed E-state index contributed by atoms with van der Waals surface area (Å²) in [5, 5.41) is 10.0. The fourth-order valence-electron chi connectivity index (χ4n) is 1.13. The fourth-order valence-corrected chi connectivity index (χ4v) is 1.13. The van der Waals surface area contributed by atoms with E-state index in [2.05, 4.69) is 15.5 Å². The van der Waals surface area contributed by atoms with Crippen molar-refractivity contribution in [2.75, 3.05) is 26.0 Å². The minimum atomic E-state index is -0.232. The van der Waals surface area contributed by atoms with E-state index in [-0.39, 0.29) is 11.6 Å². The van der Waals surface area contributed by atoms with E-state index >= 15 is 0 Å². The number of unbranched alkanes of at least 4 members (excludes halogenated alkanes) is 1. The molecule has 16 heavy (non-hydrogen) atoms. The molecule has 0 atom stereocenters. The third kappa shape index (κ3) is 4.22. The van der Waals surface area contributed by atoms with E-state index in [1.165, 1.54) is 0 Å². The number of ether oxygens (including phenoxy) is 1. The molecular weight excluding hydrogens is 208 g/mol. The zero-order chi connectivity index (χ0) is 11.8. The normalized spacial score (nSPS) is 10.1. The number of anilines is 1. The van der Waals surface area contributed by atoms with Crippen LogP contribution >= 0.6 is 0 Å². The van der Waals surface area contributed by atoms with Crippen molar-refractivity contribution in [3.63, 3.8) is 0 Å². The number of aromatic nitrogens is 2. The Morgan fingerprint density at radius 1 is 1.44 bits per heavy atom. The molecular formula is C10H16N4O2. The van der Waals surface area contributed by atoms with Crippen molar-refractivity contribution in [2.24, 2.45) is 0 Å². The number of nitrogen functional groups attached to an aromatic ring is 1. The quantitative estimate of drug-likeness (QED) is 0.674. The Morgan fingerprint density at radius 2 is 2.25 bits per heavy atom. The maximum Gasteiger partial charge on any atom is 0.271 e. The standard InChI is InChI=1S/C10H16N4O2/c1-16-7-3-2-6-12-10(15)8-4-5-9(11)14-13-8/h4-5H,2-3,6-7H2,1H3,(H2,11,14)(H,12,15). The summed E-state index contributed by atoms with van der Waals surface area (Å²) >= 11 is 0. The zero-order valence-corrected chi connectivity index (χ0v) is 9.27. The lowest BCUT2D eigenvalue weighted by molar-refractivity contribution is 0.0945. The Morgan fingerprint density at radius 3 is 2.88 bits per heavy atom. The zero-order valence-electron chi connectivity index (χ0n) is 9.27. The van der Waals surface area contributed by atoms with Crippen molar-refractivity contribution in [1.29, 1.82) is 0 Å². The van der Waals surface area contributed by atoms with Crippen LogP contribution < -0.4 is 11.1 Å². The molecule has 1 aromatic rings. The van der Waals surface area contributed by atoms with Crippen LogP contribution in [0.25, 0.3) is 0 Å². The van der Waals surface area contributed by atoms with Crippen molar-refractivity contribution in [3.05, 3.63) is 17.8 Å². The predicted molar refractivity (Wildman–Crippen MR) is 59.9 cm³/mol. The fraction of sp³-hybridized carbons (Fsp3) is 0.500. The minimum absolute atomic E-state index is 0.232. The van der Waals surface area contributed by atoms with Crippen molar-refractivity contribution in [1.82, 2.24) is 15.5 Å². The van der Waals surface area contributed by atoms with Gasteiger partial charge in [0.2, 0.25) is 0 Å². The van der Waals surface area contributed by atoms with Crippen LogP contribution in [-0.2, 0) is 4.74 Å². The van der Waals surface area contributed by atoms with Crippen molar-refractivity contribution >= 4 is 11.7 Å². The maximum absolute atomic E-state index is 11.5. The molecule has 3 N–H and O–H groups in total. The van der Waals surface area contributed by atoms with Gasteiger partial charge >= 0.3 is 0 Å². The van der Waals surface area contributed by atoms with E-state index in [4.69, 9.17) is 10.5 Å². The number of hydrogen-bond donors (Lipinski definition) is 2. The Hall–Kier alpha value is -1.69. The van der Waals surface area contributed by atoms with Gasteiger partial charge in [0.15, 0.2) is 5.69 Å². The summed E-state index contributed by atoms with van der Waals surface area (Å²) < 4.78 is 4.90. The Bertz CT molecular complexity index is 326. The molecule has 0 spiro atoms. The highest BCUT2D eigenvalue weighted by molar-refractivity contribution is 5.92. The molecule has 0 aliphatic heterocycles.